The fourth-order valence-electron chi connectivity index (χ4n) is 2.03. The Balaban J connectivity index is 2.07. The van der Waals surface area contributed by atoms with Gasteiger partial charge in [0.05, 0.1) is 21.8 Å². The Morgan fingerprint density at radius 1 is 1.15 bits per heavy atom. The topological polar surface area (TPSA) is 133 Å². The second-order valence-electron chi connectivity index (χ2n) is 5.05. The molecule has 10 heteroatoms. The van der Waals surface area contributed by atoms with Crippen molar-refractivity contribution in [3.63, 3.8) is 0 Å². The van der Waals surface area contributed by atoms with E-state index in [0.29, 0.717) is 0 Å². The van der Waals surface area contributed by atoms with Crippen molar-refractivity contribution in [3.05, 3.63) is 46.8 Å². The summed E-state index contributed by atoms with van der Waals surface area (Å²) in [4.78, 5) is 35.1. The molecule has 0 aliphatic heterocycles. The molecule has 0 bridgehead atoms. The number of hydrogen-bond donors (Lipinski definition) is 2. The normalized spacial score (nSPS) is 11.0. The van der Waals surface area contributed by atoms with E-state index in [1.165, 1.54) is 37.3 Å². The fourth-order valence-corrected chi connectivity index (χ4v) is 3.93. The van der Waals surface area contributed by atoms with Gasteiger partial charge in [-0.3, -0.25) is 9.59 Å². The van der Waals surface area contributed by atoms with Crippen molar-refractivity contribution in [3.8, 4) is 0 Å². The van der Waals surface area contributed by atoms with Crippen molar-refractivity contribution in [1.82, 2.24) is 0 Å². The van der Waals surface area contributed by atoms with E-state index in [1.54, 1.807) is 5.38 Å². The summed E-state index contributed by atoms with van der Waals surface area (Å²) in [6.45, 7) is 0.817. The number of amides is 2. The molecule has 1 aromatic heterocycles. The predicted molar refractivity (Wildman–Crippen MR) is 95.9 cm³/mol. The molecule has 0 atom stereocenters. The third-order valence-corrected chi connectivity index (χ3v) is 5.96. The number of anilines is 1. The van der Waals surface area contributed by atoms with Crippen LogP contribution in [0.5, 0.6) is 0 Å². The number of thiophene rings is 1. The van der Waals surface area contributed by atoms with E-state index >= 15 is 0 Å². The summed E-state index contributed by atoms with van der Waals surface area (Å²) in [5.74, 6) is -2.49. The minimum atomic E-state index is -3.62. The highest BCUT2D eigenvalue weighted by Gasteiger charge is 2.22. The zero-order valence-electron chi connectivity index (χ0n) is 13.7. The minimum absolute atomic E-state index is 0.143. The average molecular weight is 396 g/mol. The molecule has 2 amide bonds. The van der Waals surface area contributed by atoms with Crippen molar-refractivity contribution >= 4 is 44.0 Å². The second-order valence-corrected chi connectivity index (χ2v) is 8.21. The number of esters is 1. The van der Waals surface area contributed by atoms with Crippen molar-refractivity contribution in [1.29, 1.82) is 0 Å². The van der Waals surface area contributed by atoms with Crippen LogP contribution < -0.4 is 11.1 Å². The Morgan fingerprint density at radius 3 is 2.50 bits per heavy atom. The van der Waals surface area contributed by atoms with Gasteiger partial charge in [-0.1, -0.05) is 19.1 Å². The highest BCUT2D eigenvalue weighted by molar-refractivity contribution is 7.91. The molecule has 0 fully saturated rings. The first-order valence-corrected chi connectivity index (χ1v) is 9.95. The van der Waals surface area contributed by atoms with E-state index in [4.69, 9.17) is 10.5 Å². The Labute approximate surface area is 153 Å². The van der Waals surface area contributed by atoms with Crippen molar-refractivity contribution in [2.45, 2.75) is 11.8 Å². The van der Waals surface area contributed by atoms with Gasteiger partial charge in [0.2, 0.25) is 0 Å². The zero-order chi connectivity index (χ0) is 19.3. The number of nitrogens with two attached hydrogens (primary N) is 1. The highest BCUT2D eigenvalue weighted by atomic mass is 32.2. The number of benzene rings is 1. The third kappa shape index (κ3) is 4.46. The van der Waals surface area contributed by atoms with Gasteiger partial charge >= 0.3 is 5.97 Å². The zero-order valence-corrected chi connectivity index (χ0v) is 15.4. The molecule has 26 heavy (non-hydrogen) atoms. The maximum absolute atomic E-state index is 12.2. The summed E-state index contributed by atoms with van der Waals surface area (Å²) in [5.41, 5.74) is 5.18. The van der Waals surface area contributed by atoms with Gasteiger partial charge in [-0.15, -0.1) is 11.3 Å². The molecule has 0 aliphatic rings. The van der Waals surface area contributed by atoms with E-state index < -0.39 is 34.2 Å². The van der Waals surface area contributed by atoms with Gasteiger partial charge in [-0.2, -0.15) is 0 Å². The lowest BCUT2D eigenvalue weighted by Gasteiger charge is -2.09. The first kappa shape index (κ1) is 19.6. The number of hydrogen-bond acceptors (Lipinski definition) is 7. The summed E-state index contributed by atoms with van der Waals surface area (Å²) in [7, 11) is -3.62. The molecule has 0 saturated carbocycles. The quantitative estimate of drug-likeness (QED) is 0.681. The SMILES string of the molecule is CCS(=O)(=O)c1ccccc1C(=O)OCC(=O)Nc1sccc1C(N)=O. The van der Waals surface area contributed by atoms with Gasteiger partial charge in [0.15, 0.2) is 16.4 Å². The van der Waals surface area contributed by atoms with Gasteiger partial charge in [0.1, 0.15) is 5.00 Å². The van der Waals surface area contributed by atoms with Gasteiger partial charge in [0, 0.05) is 0 Å². The molecule has 1 aromatic carbocycles. The molecule has 0 saturated heterocycles. The van der Waals surface area contributed by atoms with E-state index in [0.717, 1.165) is 11.3 Å². The number of ether oxygens (including phenoxy) is 1. The number of nitrogens with one attached hydrogen (secondary N) is 1. The van der Waals surface area contributed by atoms with Crippen LogP contribution in [0.3, 0.4) is 0 Å². The van der Waals surface area contributed by atoms with Crippen LogP contribution in [0.1, 0.15) is 27.6 Å². The summed E-state index contributed by atoms with van der Waals surface area (Å²) in [6, 6.07) is 7.07. The number of sulfone groups is 1. The van der Waals surface area contributed by atoms with Crippen LogP contribution in [0.25, 0.3) is 0 Å². The second kappa shape index (κ2) is 8.11. The molecule has 2 aromatic rings. The van der Waals surface area contributed by atoms with Crippen molar-refractivity contribution in [2.75, 3.05) is 17.7 Å². The Kier molecular flexibility index (Phi) is 6.11. The maximum atomic E-state index is 12.2. The highest BCUT2D eigenvalue weighted by Crippen LogP contribution is 2.22. The molecular formula is C16H16N2O6S2. The molecule has 0 aliphatic carbocycles. The maximum Gasteiger partial charge on any atom is 0.339 e. The number of rotatable bonds is 7. The first-order chi connectivity index (χ1) is 12.3. The van der Waals surface area contributed by atoms with Crippen LogP contribution in [-0.4, -0.2) is 38.6 Å². The van der Waals surface area contributed by atoms with Crippen LogP contribution in [0.2, 0.25) is 0 Å². The number of carbonyl (C=O) groups excluding carboxylic acids is 3. The summed E-state index contributed by atoms with van der Waals surface area (Å²) >= 11 is 1.09. The smallest absolute Gasteiger partial charge is 0.339 e. The van der Waals surface area contributed by atoms with Gasteiger partial charge in [-0.05, 0) is 23.6 Å². The summed E-state index contributed by atoms with van der Waals surface area (Å²) in [6.07, 6.45) is 0. The summed E-state index contributed by atoms with van der Waals surface area (Å²) in [5, 5.41) is 4.24. The standard InChI is InChI=1S/C16H16N2O6S2/c1-2-26(22,23)12-6-4-3-5-10(12)16(21)24-9-13(19)18-15-11(14(17)20)7-8-25-15/h3-8H,2,9H2,1H3,(H2,17,20)(H,18,19). The van der Waals surface area contributed by atoms with Crippen molar-refractivity contribution in [2.24, 2.45) is 5.73 Å². The lowest BCUT2D eigenvalue weighted by Crippen LogP contribution is -2.23. The third-order valence-electron chi connectivity index (χ3n) is 3.34. The predicted octanol–water partition coefficient (Wildman–Crippen LogP) is 1.44. The van der Waals surface area contributed by atoms with Crippen LogP contribution >= 0.6 is 11.3 Å². The minimum Gasteiger partial charge on any atom is -0.452 e. The Morgan fingerprint density at radius 2 is 1.85 bits per heavy atom. The lowest BCUT2D eigenvalue weighted by molar-refractivity contribution is -0.119. The van der Waals surface area contributed by atoms with Gasteiger partial charge in [-0.25, -0.2) is 13.2 Å². The van der Waals surface area contributed by atoms with Crippen LogP contribution in [0.4, 0.5) is 5.00 Å². The van der Waals surface area contributed by atoms with E-state index in [2.05, 4.69) is 5.32 Å². The summed E-state index contributed by atoms with van der Waals surface area (Å²) < 4.78 is 29.0. The number of carbonyl (C=O) groups is 3. The molecule has 0 spiro atoms. The van der Waals surface area contributed by atoms with E-state index in [-0.39, 0.29) is 26.8 Å². The van der Waals surface area contributed by atoms with E-state index in [9.17, 15) is 22.8 Å². The monoisotopic (exact) mass is 396 g/mol. The van der Waals surface area contributed by atoms with Gasteiger partial charge < -0.3 is 15.8 Å². The molecule has 8 nitrogen and oxygen atoms in total. The van der Waals surface area contributed by atoms with Crippen LogP contribution in [0, 0.1) is 0 Å². The average Bonchev–Trinajstić information content (AvgIpc) is 3.08. The molecule has 0 radical (unpaired) electrons. The number of primary amides is 1. The molecule has 0 unspecified atom stereocenters. The molecule has 3 N–H and O–H groups in total. The first-order valence-electron chi connectivity index (χ1n) is 7.42. The Bertz CT molecular complexity index is 949. The van der Waals surface area contributed by atoms with Crippen LogP contribution in [0.15, 0.2) is 40.6 Å². The van der Waals surface area contributed by atoms with E-state index in [1.807, 2.05) is 0 Å². The molecular weight excluding hydrogens is 380 g/mol. The van der Waals surface area contributed by atoms with Crippen LogP contribution in [-0.2, 0) is 19.4 Å². The fraction of sp³-hybridized carbons (Fsp3) is 0.188. The largest absolute Gasteiger partial charge is 0.452 e. The van der Waals surface area contributed by atoms with Gasteiger partial charge in [0.25, 0.3) is 11.8 Å². The molecule has 2 rings (SSSR count). The lowest BCUT2D eigenvalue weighted by atomic mass is 10.2. The van der Waals surface area contributed by atoms with Crippen molar-refractivity contribution < 1.29 is 27.5 Å². The Hall–Kier alpha value is -2.72. The molecule has 1 heterocycles. The molecule has 138 valence electrons.